The van der Waals surface area contributed by atoms with Crippen molar-refractivity contribution in [3.63, 3.8) is 0 Å². The van der Waals surface area contributed by atoms with Crippen LogP contribution in [0.15, 0.2) is 23.4 Å². The second kappa shape index (κ2) is 4.94. The molecule has 0 aromatic heterocycles. The van der Waals surface area contributed by atoms with E-state index in [4.69, 9.17) is 11.6 Å². The van der Waals surface area contributed by atoms with Crippen molar-refractivity contribution in [2.45, 2.75) is 0 Å². The fraction of sp³-hybridized carbons (Fsp3) is 0.300. The summed E-state index contributed by atoms with van der Waals surface area (Å²) in [6.07, 6.45) is 2.82. The first-order valence-electron chi connectivity index (χ1n) is 4.42. The lowest BCUT2D eigenvalue weighted by atomic mass is 10.1. The van der Waals surface area contributed by atoms with Gasteiger partial charge in [-0.25, -0.2) is 4.79 Å². The molecule has 0 unspecified atom stereocenters. The van der Waals surface area contributed by atoms with Crippen LogP contribution in [0.5, 0.6) is 0 Å². The molecule has 0 aromatic rings. The summed E-state index contributed by atoms with van der Waals surface area (Å²) in [4.78, 5) is 34.7. The van der Waals surface area contributed by atoms with E-state index in [1.165, 1.54) is 24.2 Å². The first-order chi connectivity index (χ1) is 7.47. The molecular weight excluding hydrogens is 234 g/mol. The van der Waals surface area contributed by atoms with Crippen molar-refractivity contribution < 1.29 is 19.1 Å². The normalized spacial score (nSPS) is 15.1. The number of ketones is 1. The van der Waals surface area contributed by atoms with Gasteiger partial charge in [-0.2, -0.15) is 0 Å². The largest absolute Gasteiger partial charge is 0.464 e. The number of rotatable bonds is 3. The van der Waals surface area contributed by atoms with Gasteiger partial charge in [-0.1, -0.05) is 6.08 Å². The van der Waals surface area contributed by atoms with E-state index in [0.717, 1.165) is 0 Å². The third-order valence-corrected chi connectivity index (χ3v) is 2.30. The minimum absolute atomic E-state index is 0.151. The molecule has 0 fully saturated rings. The number of carbonyl (C=O) groups excluding carboxylic acids is 3. The van der Waals surface area contributed by atoms with Crippen molar-refractivity contribution in [2.24, 2.45) is 0 Å². The molecule has 16 heavy (non-hydrogen) atoms. The highest BCUT2D eigenvalue weighted by molar-refractivity contribution is 6.83. The van der Waals surface area contributed by atoms with E-state index in [-0.39, 0.29) is 12.1 Å². The number of allylic oxidation sites excluding steroid dienone is 2. The molecule has 86 valence electrons. The van der Waals surface area contributed by atoms with Crippen LogP contribution in [0.1, 0.15) is 0 Å². The summed E-state index contributed by atoms with van der Waals surface area (Å²) in [7, 11) is 2.88. The summed E-state index contributed by atoms with van der Waals surface area (Å²) < 4.78 is 4.55. The van der Waals surface area contributed by atoms with Crippen molar-refractivity contribution >= 4 is 28.6 Å². The van der Waals surface area contributed by atoms with Crippen LogP contribution in [0.4, 0.5) is 0 Å². The average molecular weight is 244 g/mol. The van der Waals surface area contributed by atoms with Gasteiger partial charge < -0.3 is 9.64 Å². The molecule has 0 bridgehead atoms. The summed E-state index contributed by atoms with van der Waals surface area (Å²) in [5, 5.41) is -1.03. The van der Waals surface area contributed by atoms with Gasteiger partial charge in [0.15, 0.2) is 0 Å². The van der Waals surface area contributed by atoms with Crippen LogP contribution in [-0.2, 0) is 19.1 Å². The predicted octanol–water partition coefficient (Wildman–Crippen LogP) is 0.250. The van der Waals surface area contributed by atoms with E-state index >= 15 is 0 Å². The van der Waals surface area contributed by atoms with Crippen LogP contribution in [0.2, 0.25) is 0 Å². The Bertz CT molecular complexity index is 411. The maximum absolute atomic E-state index is 11.3. The molecule has 0 spiro atoms. The predicted molar refractivity (Wildman–Crippen MR) is 56.7 cm³/mol. The van der Waals surface area contributed by atoms with Crippen molar-refractivity contribution in [1.29, 1.82) is 0 Å². The maximum Gasteiger partial charge on any atom is 0.354 e. The molecular formula is C10H10ClNO4. The summed E-state index contributed by atoms with van der Waals surface area (Å²) >= 11 is 5.08. The Kier molecular flexibility index (Phi) is 3.84. The molecule has 0 aliphatic carbocycles. The first-order valence-corrected chi connectivity index (χ1v) is 4.79. The molecule has 0 saturated carbocycles. The zero-order valence-corrected chi connectivity index (χ0v) is 9.58. The lowest BCUT2D eigenvalue weighted by Crippen LogP contribution is -2.31. The molecule has 1 aliphatic rings. The van der Waals surface area contributed by atoms with Gasteiger partial charge in [0.2, 0.25) is 5.78 Å². The number of Topliss-reactive ketones (excluding diaryl/α,β-unsaturated/α-hetero) is 1. The van der Waals surface area contributed by atoms with Gasteiger partial charge in [-0.05, 0) is 17.7 Å². The van der Waals surface area contributed by atoms with E-state index < -0.39 is 17.0 Å². The van der Waals surface area contributed by atoms with E-state index in [2.05, 4.69) is 4.74 Å². The molecule has 0 N–H and O–H groups in total. The van der Waals surface area contributed by atoms with Crippen molar-refractivity contribution in [3.8, 4) is 0 Å². The number of halogens is 1. The highest BCUT2D eigenvalue weighted by atomic mass is 35.5. The van der Waals surface area contributed by atoms with Gasteiger partial charge in [-0.3, -0.25) is 9.59 Å². The molecule has 5 nitrogen and oxygen atoms in total. The van der Waals surface area contributed by atoms with E-state index in [0.29, 0.717) is 5.70 Å². The number of ether oxygens (including phenoxy) is 1. The molecule has 0 amide bonds. The summed E-state index contributed by atoms with van der Waals surface area (Å²) in [5.74, 6) is -1.25. The average Bonchev–Trinajstić information content (AvgIpc) is 2.26. The van der Waals surface area contributed by atoms with Crippen LogP contribution in [0.3, 0.4) is 0 Å². The minimum atomic E-state index is -1.03. The van der Waals surface area contributed by atoms with E-state index in [9.17, 15) is 14.4 Å². The van der Waals surface area contributed by atoms with Crippen molar-refractivity contribution in [1.82, 2.24) is 4.90 Å². The highest BCUT2D eigenvalue weighted by Gasteiger charge is 2.24. The Hall–Kier alpha value is -1.62. The first kappa shape index (κ1) is 12.4. The number of hydrogen-bond donors (Lipinski definition) is 0. The zero-order chi connectivity index (χ0) is 12.3. The summed E-state index contributed by atoms with van der Waals surface area (Å²) in [6, 6.07) is 0. The smallest absolute Gasteiger partial charge is 0.354 e. The number of methoxy groups -OCH3 is 1. The Balaban J connectivity index is 2.94. The quantitative estimate of drug-likeness (QED) is 0.404. The van der Waals surface area contributed by atoms with Crippen molar-refractivity contribution in [2.75, 3.05) is 20.7 Å². The lowest BCUT2D eigenvalue weighted by Gasteiger charge is -2.24. The van der Waals surface area contributed by atoms with Gasteiger partial charge >= 0.3 is 5.97 Å². The molecule has 0 radical (unpaired) electrons. The molecule has 6 heteroatoms. The molecule has 0 saturated heterocycles. The lowest BCUT2D eigenvalue weighted by molar-refractivity contribution is -0.137. The second-order valence-corrected chi connectivity index (χ2v) is 3.54. The Morgan fingerprint density at radius 3 is 2.44 bits per heavy atom. The number of esters is 1. The molecule has 1 aliphatic heterocycles. The summed E-state index contributed by atoms with van der Waals surface area (Å²) in [6.45, 7) is 0.151. The van der Waals surface area contributed by atoms with Gasteiger partial charge in [0, 0.05) is 19.2 Å². The maximum atomic E-state index is 11.3. The van der Waals surface area contributed by atoms with Crippen LogP contribution in [-0.4, -0.2) is 42.6 Å². The summed E-state index contributed by atoms with van der Waals surface area (Å²) in [5.41, 5.74) is 0.566. The molecule has 1 rings (SSSR count). The standard InChI is InChI=1S/C10H10ClNO4/c1-12-5-6(8(13)9(11)14)3-4-7(12)10(15)16-2/h3-4H,5H2,1-2H3. The van der Waals surface area contributed by atoms with Crippen LogP contribution in [0, 0.1) is 0 Å². The van der Waals surface area contributed by atoms with Crippen LogP contribution < -0.4 is 0 Å². The Labute approximate surface area is 97.3 Å². The van der Waals surface area contributed by atoms with Gasteiger partial charge in [0.1, 0.15) is 5.70 Å². The third-order valence-electron chi connectivity index (χ3n) is 2.13. The molecule has 1 heterocycles. The highest BCUT2D eigenvalue weighted by Crippen LogP contribution is 2.15. The topological polar surface area (TPSA) is 63.7 Å². The zero-order valence-electron chi connectivity index (χ0n) is 8.82. The van der Waals surface area contributed by atoms with Gasteiger partial charge in [-0.15, -0.1) is 0 Å². The monoisotopic (exact) mass is 243 g/mol. The number of likely N-dealkylation sites (N-methyl/N-ethyl adjacent to an activating group) is 1. The Morgan fingerprint density at radius 2 is 2.00 bits per heavy atom. The number of nitrogens with zero attached hydrogens (tertiary/aromatic N) is 1. The molecule has 0 atom stereocenters. The van der Waals surface area contributed by atoms with Crippen LogP contribution in [0.25, 0.3) is 0 Å². The third kappa shape index (κ3) is 2.49. The van der Waals surface area contributed by atoms with Crippen LogP contribution >= 0.6 is 11.6 Å². The minimum Gasteiger partial charge on any atom is -0.464 e. The fourth-order valence-electron chi connectivity index (χ4n) is 1.30. The van der Waals surface area contributed by atoms with E-state index in [1.54, 1.807) is 7.05 Å². The SMILES string of the molecule is COC(=O)C1=CC=C(C(=O)C(=O)Cl)CN1C. The van der Waals surface area contributed by atoms with Gasteiger partial charge in [0.05, 0.1) is 7.11 Å². The number of hydrogen-bond acceptors (Lipinski definition) is 5. The van der Waals surface area contributed by atoms with Gasteiger partial charge in [0.25, 0.3) is 5.24 Å². The Morgan fingerprint density at radius 1 is 1.38 bits per heavy atom. The van der Waals surface area contributed by atoms with Crippen molar-refractivity contribution in [3.05, 3.63) is 23.4 Å². The second-order valence-electron chi connectivity index (χ2n) is 3.19. The fourth-order valence-corrected chi connectivity index (χ4v) is 1.42. The van der Waals surface area contributed by atoms with E-state index in [1.807, 2.05) is 0 Å². The number of carbonyl (C=O) groups is 3. The molecule has 0 aromatic carbocycles.